The summed E-state index contributed by atoms with van der Waals surface area (Å²) in [6, 6.07) is 1.54. The van der Waals surface area contributed by atoms with Crippen LogP contribution in [-0.4, -0.2) is 39.9 Å². The molecule has 2 aromatic rings. The maximum absolute atomic E-state index is 12.6. The third kappa shape index (κ3) is 4.55. The summed E-state index contributed by atoms with van der Waals surface area (Å²) in [6.07, 6.45) is 3.36. The van der Waals surface area contributed by atoms with E-state index in [1.54, 1.807) is 35.4 Å². The van der Waals surface area contributed by atoms with Gasteiger partial charge in [-0.05, 0) is 25.7 Å². The van der Waals surface area contributed by atoms with Gasteiger partial charge in [0, 0.05) is 36.1 Å². The summed E-state index contributed by atoms with van der Waals surface area (Å²) < 4.78 is 5.10. The first-order valence-corrected chi connectivity index (χ1v) is 10.1. The van der Waals surface area contributed by atoms with Crippen molar-refractivity contribution in [2.75, 3.05) is 13.1 Å². The van der Waals surface area contributed by atoms with Gasteiger partial charge in [0.05, 0.1) is 11.7 Å². The summed E-state index contributed by atoms with van der Waals surface area (Å²) in [5, 5.41) is 9.82. The van der Waals surface area contributed by atoms with Gasteiger partial charge in [-0.15, -0.1) is 11.3 Å². The molecule has 0 bridgehead atoms. The second-order valence-electron chi connectivity index (χ2n) is 8.03. The van der Waals surface area contributed by atoms with E-state index in [2.05, 4.69) is 15.5 Å². The molecule has 8 heteroatoms. The van der Waals surface area contributed by atoms with Crippen LogP contribution in [0, 0.1) is 18.3 Å². The Labute approximate surface area is 163 Å². The molecular weight excluding hydrogens is 364 g/mol. The topological polar surface area (TPSA) is 88.3 Å². The largest absolute Gasteiger partial charge is 0.351 e. The molecule has 0 spiro atoms. The lowest BCUT2D eigenvalue weighted by atomic mass is 9.87. The molecule has 3 heterocycles. The number of nitrogens with one attached hydrogen (secondary N) is 1. The smallest absolute Gasteiger partial charge is 0.292 e. The molecule has 1 aliphatic rings. The average Bonchev–Trinajstić information content (AvgIpc) is 3.30. The molecule has 146 valence electrons. The molecule has 0 radical (unpaired) electrons. The number of carbonyl (C=O) groups is 2. The van der Waals surface area contributed by atoms with Crippen LogP contribution < -0.4 is 5.32 Å². The van der Waals surface area contributed by atoms with Crippen LogP contribution in [0.15, 0.2) is 22.2 Å². The van der Waals surface area contributed by atoms with Crippen LogP contribution in [0.5, 0.6) is 0 Å². The number of aromatic nitrogens is 2. The van der Waals surface area contributed by atoms with Gasteiger partial charge in [0.1, 0.15) is 5.01 Å². The van der Waals surface area contributed by atoms with Gasteiger partial charge in [0.2, 0.25) is 11.7 Å². The summed E-state index contributed by atoms with van der Waals surface area (Å²) in [5.41, 5.74) is 0.234. The average molecular weight is 391 g/mol. The Hall–Kier alpha value is -2.22. The maximum Gasteiger partial charge on any atom is 0.292 e. The van der Waals surface area contributed by atoms with Crippen molar-refractivity contribution in [3.63, 3.8) is 0 Å². The van der Waals surface area contributed by atoms with E-state index in [0.717, 1.165) is 17.8 Å². The minimum Gasteiger partial charge on any atom is -0.351 e. The van der Waals surface area contributed by atoms with Crippen molar-refractivity contribution >= 4 is 23.2 Å². The van der Waals surface area contributed by atoms with Crippen LogP contribution in [0.3, 0.4) is 0 Å². The SMILES string of the molecule is Cc1cc(C(=O)N2CCC(C(NC(=O)C(C)(C)C)c3nccs3)CC2)on1. The van der Waals surface area contributed by atoms with Crippen molar-refractivity contribution in [2.45, 2.75) is 46.6 Å². The van der Waals surface area contributed by atoms with E-state index in [-0.39, 0.29) is 29.5 Å². The third-order valence-electron chi connectivity index (χ3n) is 4.82. The number of piperidine rings is 1. The summed E-state index contributed by atoms with van der Waals surface area (Å²) in [6.45, 7) is 8.75. The highest BCUT2D eigenvalue weighted by Gasteiger charge is 2.34. The van der Waals surface area contributed by atoms with Crippen molar-refractivity contribution in [2.24, 2.45) is 11.3 Å². The van der Waals surface area contributed by atoms with E-state index < -0.39 is 5.41 Å². The molecule has 27 heavy (non-hydrogen) atoms. The Balaban J connectivity index is 1.67. The number of rotatable bonds is 4. The second kappa shape index (κ2) is 7.80. The predicted octanol–water partition coefficient (Wildman–Crippen LogP) is 3.20. The molecule has 2 aromatic heterocycles. The lowest BCUT2D eigenvalue weighted by Gasteiger charge is -2.36. The van der Waals surface area contributed by atoms with E-state index in [9.17, 15) is 9.59 Å². The first-order valence-electron chi connectivity index (χ1n) is 9.18. The highest BCUT2D eigenvalue weighted by atomic mass is 32.1. The first-order chi connectivity index (χ1) is 12.8. The molecule has 0 saturated carbocycles. The van der Waals surface area contributed by atoms with E-state index in [4.69, 9.17) is 4.52 Å². The molecule has 2 amide bonds. The normalized spacial score (nSPS) is 17.0. The Morgan fingerprint density at radius 3 is 2.56 bits per heavy atom. The van der Waals surface area contributed by atoms with E-state index >= 15 is 0 Å². The van der Waals surface area contributed by atoms with E-state index in [0.29, 0.717) is 18.8 Å². The zero-order valence-corrected chi connectivity index (χ0v) is 17.0. The number of likely N-dealkylation sites (tertiary alicyclic amines) is 1. The maximum atomic E-state index is 12.6. The van der Waals surface area contributed by atoms with Crippen molar-refractivity contribution in [3.8, 4) is 0 Å². The fraction of sp³-hybridized carbons (Fsp3) is 0.579. The predicted molar refractivity (Wildman–Crippen MR) is 102 cm³/mol. The van der Waals surface area contributed by atoms with Crippen molar-refractivity contribution in [1.29, 1.82) is 0 Å². The molecule has 1 N–H and O–H groups in total. The number of hydrogen-bond acceptors (Lipinski definition) is 6. The quantitative estimate of drug-likeness (QED) is 0.866. The summed E-state index contributed by atoms with van der Waals surface area (Å²) in [4.78, 5) is 31.3. The highest BCUT2D eigenvalue weighted by Crippen LogP contribution is 2.33. The number of hydrogen-bond donors (Lipinski definition) is 1. The molecule has 3 rings (SSSR count). The van der Waals surface area contributed by atoms with Gasteiger partial charge in [-0.25, -0.2) is 4.98 Å². The van der Waals surface area contributed by atoms with Crippen LogP contribution >= 0.6 is 11.3 Å². The molecule has 1 aliphatic heterocycles. The molecular formula is C19H26N4O3S. The Bertz CT molecular complexity index is 786. The lowest BCUT2D eigenvalue weighted by Crippen LogP contribution is -2.45. The van der Waals surface area contributed by atoms with Gasteiger partial charge >= 0.3 is 0 Å². The molecule has 0 aromatic carbocycles. The van der Waals surface area contributed by atoms with E-state index in [1.165, 1.54) is 0 Å². The fourth-order valence-electron chi connectivity index (χ4n) is 3.18. The van der Waals surface area contributed by atoms with Crippen LogP contribution in [0.2, 0.25) is 0 Å². The van der Waals surface area contributed by atoms with Crippen molar-refractivity contribution in [1.82, 2.24) is 20.4 Å². The zero-order valence-electron chi connectivity index (χ0n) is 16.2. The molecule has 1 fully saturated rings. The molecule has 1 saturated heterocycles. The molecule has 1 atom stereocenters. The van der Waals surface area contributed by atoms with E-state index in [1.807, 2.05) is 26.2 Å². The summed E-state index contributed by atoms with van der Waals surface area (Å²) >= 11 is 1.55. The fourth-order valence-corrected chi connectivity index (χ4v) is 3.96. The number of aryl methyl sites for hydroxylation is 1. The minimum atomic E-state index is -0.462. The number of thiazole rings is 1. The number of carbonyl (C=O) groups excluding carboxylic acids is 2. The standard InChI is InChI=1S/C19H26N4O3S/c1-12-11-14(26-22-12)17(24)23-8-5-13(6-9-23)15(16-20-7-10-27-16)21-18(25)19(2,3)4/h7,10-11,13,15H,5-6,8-9H2,1-4H3,(H,21,25). The highest BCUT2D eigenvalue weighted by molar-refractivity contribution is 7.09. The Kier molecular flexibility index (Phi) is 5.64. The molecule has 0 aliphatic carbocycles. The summed E-state index contributed by atoms with van der Waals surface area (Å²) in [5.74, 6) is 0.406. The molecule has 7 nitrogen and oxygen atoms in total. The van der Waals surface area contributed by atoms with Crippen molar-refractivity contribution in [3.05, 3.63) is 34.1 Å². The monoisotopic (exact) mass is 390 g/mol. The summed E-state index contributed by atoms with van der Waals surface area (Å²) in [7, 11) is 0. The lowest BCUT2D eigenvalue weighted by molar-refractivity contribution is -0.129. The first kappa shape index (κ1) is 19.5. The molecule has 1 unspecified atom stereocenters. The van der Waals surface area contributed by atoms with Gasteiger partial charge in [0.25, 0.3) is 5.91 Å². The van der Waals surface area contributed by atoms with Gasteiger partial charge < -0.3 is 14.7 Å². The van der Waals surface area contributed by atoms with Crippen LogP contribution in [0.25, 0.3) is 0 Å². The van der Waals surface area contributed by atoms with Gasteiger partial charge in [-0.3, -0.25) is 9.59 Å². The number of amides is 2. The van der Waals surface area contributed by atoms with Gasteiger partial charge in [-0.1, -0.05) is 25.9 Å². The third-order valence-corrected chi connectivity index (χ3v) is 5.68. The van der Waals surface area contributed by atoms with Crippen LogP contribution in [0.1, 0.15) is 60.9 Å². The second-order valence-corrected chi connectivity index (χ2v) is 8.96. The van der Waals surface area contributed by atoms with Crippen molar-refractivity contribution < 1.29 is 14.1 Å². The van der Waals surface area contributed by atoms with Crippen LogP contribution in [-0.2, 0) is 4.79 Å². The Morgan fingerprint density at radius 1 is 1.33 bits per heavy atom. The number of nitrogens with zero attached hydrogens (tertiary/aromatic N) is 3. The zero-order chi connectivity index (χ0) is 19.6. The van der Waals surface area contributed by atoms with Crippen LogP contribution in [0.4, 0.5) is 0 Å². The Morgan fingerprint density at radius 2 is 2.04 bits per heavy atom. The van der Waals surface area contributed by atoms with Gasteiger partial charge in [-0.2, -0.15) is 0 Å². The minimum absolute atomic E-state index is 0.0124. The van der Waals surface area contributed by atoms with Gasteiger partial charge in [0.15, 0.2) is 0 Å².